The van der Waals surface area contributed by atoms with Crippen molar-refractivity contribution in [1.29, 1.82) is 0 Å². The fraction of sp³-hybridized carbons (Fsp3) is 0.263. The quantitative estimate of drug-likeness (QED) is 0.506. The number of hydrogen-bond donors (Lipinski definition) is 0. The summed E-state index contributed by atoms with van der Waals surface area (Å²) in [5, 5.41) is 18.7. The minimum absolute atomic E-state index is 0.617. The van der Waals surface area contributed by atoms with E-state index in [-0.39, 0.29) is 0 Å². The number of aryl methyl sites for hydroxylation is 2. The first kappa shape index (κ1) is 18.0. The van der Waals surface area contributed by atoms with Crippen LogP contribution >= 0.6 is 23.4 Å². The van der Waals surface area contributed by atoms with Gasteiger partial charge in [-0.05, 0) is 35.2 Å². The number of rotatable bonds is 5. The summed E-state index contributed by atoms with van der Waals surface area (Å²) >= 11 is 8.19. The Labute approximate surface area is 166 Å². The monoisotopic (exact) mass is 398 g/mol. The van der Waals surface area contributed by atoms with Crippen molar-refractivity contribution in [1.82, 2.24) is 30.0 Å². The number of nitrogens with zero attached hydrogens (tertiary/aromatic N) is 6. The Balaban J connectivity index is 1.82. The number of aromatic nitrogens is 6. The molecular weight excluding hydrogens is 380 g/mol. The lowest BCUT2D eigenvalue weighted by Gasteiger charge is -2.07. The number of benzene rings is 2. The Kier molecular flexibility index (Phi) is 4.88. The fourth-order valence-electron chi connectivity index (χ4n) is 3.26. The molecule has 4 aromatic rings. The van der Waals surface area contributed by atoms with Crippen molar-refractivity contribution >= 4 is 34.3 Å². The summed E-state index contributed by atoms with van der Waals surface area (Å²) in [7, 11) is 1.96. The topological polar surface area (TPSA) is 61.4 Å². The zero-order chi connectivity index (χ0) is 19.0. The van der Waals surface area contributed by atoms with Crippen LogP contribution in [0.3, 0.4) is 0 Å². The van der Waals surface area contributed by atoms with E-state index >= 15 is 0 Å². The Morgan fingerprint density at radius 1 is 1.15 bits per heavy atom. The molecule has 4 rings (SSSR count). The highest BCUT2D eigenvalue weighted by atomic mass is 35.5. The lowest BCUT2D eigenvalue weighted by Crippen LogP contribution is -2.07. The molecule has 0 radical (unpaired) electrons. The van der Waals surface area contributed by atoms with Crippen LogP contribution in [-0.2, 0) is 19.3 Å². The van der Waals surface area contributed by atoms with E-state index in [1.807, 2.05) is 41.7 Å². The maximum Gasteiger partial charge on any atom is 0.158 e. The molecular formula is C19H19ClN6S. The second-order valence-corrected chi connectivity index (χ2v) is 7.69. The predicted molar refractivity (Wildman–Crippen MR) is 110 cm³/mol. The molecule has 0 aliphatic rings. The molecule has 0 amide bonds. The van der Waals surface area contributed by atoms with Gasteiger partial charge in [0.05, 0.1) is 18.0 Å². The van der Waals surface area contributed by atoms with Crippen molar-refractivity contribution in [3.63, 3.8) is 0 Å². The van der Waals surface area contributed by atoms with Gasteiger partial charge in [0, 0.05) is 28.6 Å². The van der Waals surface area contributed by atoms with Gasteiger partial charge in [-0.15, -0.1) is 16.9 Å². The van der Waals surface area contributed by atoms with E-state index in [9.17, 15) is 0 Å². The maximum absolute atomic E-state index is 6.51. The minimum Gasteiger partial charge on any atom is -0.271 e. The lowest BCUT2D eigenvalue weighted by molar-refractivity contribution is 0.659. The van der Waals surface area contributed by atoms with Crippen LogP contribution in [0.2, 0.25) is 5.02 Å². The molecule has 0 fully saturated rings. The van der Waals surface area contributed by atoms with Gasteiger partial charge in [0.2, 0.25) is 0 Å². The smallest absolute Gasteiger partial charge is 0.158 e. The molecule has 0 aliphatic carbocycles. The Hall–Kier alpha value is -2.38. The second kappa shape index (κ2) is 7.32. The van der Waals surface area contributed by atoms with E-state index in [1.54, 1.807) is 11.8 Å². The normalized spacial score (nSPS) is 11.4. The molecule has 0 aliphatic heterocycles. The third-order valence-corrected chi connectivity index (χ3v) is 5.40. The molecule has 8 heteroatoms. The maximum atomic E-state index is 6.51. The van der Waals surface area contributed by atoms with Crippen molar-refractivity contribution in [2.45, 2.75) is 19.2 Å². The highest BCUT2D eigenvalue weighted by Gasteiger charge is 2.17. The van der Waals surface area contributed by atoms with Crippen LogP contribution in [0.1, 0.15) is 17.1 Å². The van der Waals surface area contributed by atoms with Crippen LogP contribution in [0, 0.1) is 6.92 Å². The van der Waals surface area contributed by atoms with Gasteiger partial charge in [0.25, 0.3) is 0 Å². The summed E-state index contributed by atoms with van der Waals surface area (Å²) in [6.07, 6.45) is 2.65. The SMILES string of the molecule is CSCn1nnnc1Cc1c2cccc(-c3ccc(C)cc3Cl)c2nn1C. The summed E-state index contributed by atoms with van der Waals surface area (Å²) in [4.78, 5) is 0. The molecule has 0 unspecified atom stereocenters. The fourth-order valence-corrected chi connectivity index (χ4v) is 4.04. The predicted octanol–water partition coefficient (Wildman–Crippen LogP) is 4.10. The summed E-state index contributed by atoms with van der Waals surface area (Å²) in [5.74, 6) is 1.55. The van der Waals surface area contributed by atoms with E-state index in [4.69, 9.17) is 16.7 Å². The van der Waals surface area contributed by atoms with Gasteiger partial charge in [-0.1, -0.05) is 41.9 Å². The van der Waals surface area contributed by atoms with Gasteiger partial charge >= 0.3 is 0 Å². The molecule has 2 aromatic heterocycles. The molecule has 0 N–H and O–H groups in total. The van der Waals surface area contributed by atoms with Gasteiger partial charge in [0.15, 0.2) is 5.82 Å². The Morgan fingerprint density at radius 2 is 2.00 bits per heavy atom. The van der Waals surface area contributed by atoms with E-state index in [2.05, 4.69) is 39.8 Å². The van der Waals surface area contributed by atoms with Crippen molar-refractivity contribution in [3.8, 4) is 11.1 Å². The molecule has 0 atom stereocenters. The molecule has 2 aromatic carbocycles. The van der Waals surface area contributed by atoms with E-state index in [0.29, 0.717) is 6.42 Å². The number of fused-ring (bicyclic) bond motifs is 1. The Morgan fingerprint density at radius 3 is 2.78 bits per heavy atom. The first-order valence-corrected chi connectivity index (χ1v) is 10.3. The van der Waals surface area contributed by atoms with Gasteiger partial charge in [-0.25, -0.2) is 4.68 Å². The lowest BCUT2D eigenvalue weighted by atomic mass is 10.0. The largest absolute Gasteiger partial charge is 0.271 e. The van der Waals surface area contributed by atoms with Crippen LogP contribution in [0.5, 0.6) is 0 Å². The zero-order valence-corrected chi connectivity index (χ0v) is 16.9. The second-order valence-electron chi connectivity index (χ2n) is 6.44. The molecule has 0 saturated carbocycles. The summed E-state index contributed by atoms with van der Waals surface area (Å²) in [6, 6.07) is 12.3. The van der Waals surface area contributed by atoms with E-state index in [0.717, 1.165) is 50.0 Å². The summed E-state index contributed by atoms with van der Waals surface area (Å²) < 4.78 is 3.73. The van der Waals surface area contributed by atoms with E-state index in [1.165, 1.54) is 0 Å². The van der Waals surface area contributed by atoms with Gasteiger partial charge < -0.3 is 0 Å². The molecule has 6 nitrogen and oxygen atoms in total. The van der Waals surface area contributed by atoms with E-state index < -0.39 is 0 Å². The van der Waals surface area contributed by atoms with Crippen LogP contribution in [-0.4, -0.2) is 36.2 Å². The minimum atomic E-state index is 0.617. The van der Waals surface area contributed by atoms with Crippen LogP contribution < -0.4 is 0 Å². The third kappa shape index (κ3) is 3.33. The average Bonchev–Trinajstić information content (AvgIpc) is 3.20. The molecule has 27 heavy (non-hydrogen) atoms. The number of thioether (sulfide) groups is 1. The van der Waals surface area contributed by atoms with Gasteiger partial charge in [-0.3, -0.25) is 4.68 Å². The molecule has 0 bridgehead atoms. The first-order valence-electron chi connectivity index (χ1n) is 8.53. The Bertz CT molecular complexity index is 1120. The van der Waals surface area contributed by atoms with Crippen molar-refractivity contribution in [2.24, 2.45) is 7.05 Å². The van der Waals surface area contributed by atoms with Crippen LogP contribution in [0.25, 0.3) is 22.0 Å². The molecule has 2 heterocycles. The molecule has 138 valence electrons. The van der Waals surface area contributed by atoms with Crippen LogP contribution in [0.4, 0.5) is 0 Å². The number of hydrogen-bond acceptors (Lipinski definition) is 5. The van der Waals surface area contributed by atoms with Crippen molar-refractivity contribution < 1.29 is 0 Å². The summed E-state index contributed by atoms with van der Waals surface area (Å²) in [6.45, 7) is 2.04. The summed E-state index contributed by atoms with van der Waals surface area (Å²) in [5.41, 5.74) is 5.17. The first-order chi connectivity index (χ1) is 13.1. The highest BCUT2D eigenvalue weighted by molar-refractivity contribution is 7.97. The van der Waals surface area contributed by atoms with Crippen molar-refractivity contribution in [3.05, 3.63) is 58.5 Å². The van der Waals surface area contributed by atoms with Crippen LogP contribution in [0.15, 0.2) is 36.4 Å². The highest BCUT2D eigenvalue weighted by Crippen LogP contribution is 2.34. The molecule has 0 spiro atoms. The van der Waals surface area contributed by atoms with Gasteiger partial charge in [0.1, 0.15) is 5.52 Å². The number of tetrazole rings is 1. The average molecular weight is 399 g/mol. The molecule has 0 saturated heterocycles. The standard InChI is InChI=1S/C19H19ClN6S/c1-12-7-8-13(16(20)9-12)14-5-4-6-15-17(25(2)22-19(14)15)10-18-21-23-24-26(18)11-27-3/h4-9H,10-11H2,1-3H3. The zero-order valence-electron chi connectivity index (χ0n) is 15.3. The third-order valence-electron chi connectivity index (χ3n) is 4.59. The van der Waals surface area contributed by atoms with Gasteiger partial charge in [-0.2, -0.15) is 5.10 Å². The van der Waals surface area contributed by atoms with Crippen molar-refractivity contribution in [2.75, 3.05) is 6.26 Å². The number of halogens is 1.